The number of carbonyl (C=O) groups is 1. The van der Waals surface area contributed by atoms with Gasteiger partial charge in [0.25, 0.3) is 5.91 Å². The Bertz CT molecular complexity index is 798. The number of ether oxygens (including phenoxy) is 1. The van der Waals surface area contributed by atoms with Crippen LogP contribution in [0.5, 0.6) is 5.88 Å². The van der Waals surface area contributed by atoms with Gasteiger partial charge in [0.1, 0.15) is 0 Å². The third-order valence-electron chi connectivity index (χ3n) is 3.47. The van der Waals surface area contributed by atoms with Crippen LogP contribution in [0, 0.1) is 0 Å². The van der Waals surface area contributed by atoms with Crippen LogP contribution < -0.4 is 10.1 Å². The van der Waals surface area contributed by atoms with Crippen LogP contribution in [0.3, 0.4) is 0 Å². The Labute approximate surface area is 140 Å². The summed E-state index contributed by atoms with van der Waals surface area (Å²) in [6, 6.07) is 12.8. The average molecular weight is 322 g/mol. The van der Waals surface area contributed by atoms with Gasteiger partial charge >= 0.3 is 0 Å². The first kappa shape index (κ1) is 15.7. The molecule has 2 aromatic heterocycles. The van der Waals surface area contributed by atoms with Gasteiger partial charge in [0, 0.05) is 36.3 Å². The third kappa shape index (κ3) is 3.60. The van der Waals surface area contributed by atoms with Crippen molar-refractivity contribution in [2.45, 2.75) is 13.5 Å². The topological polar surface area (TPSA) is 69.0 Å². The van der Waals surface area contributed by atoms with E-state index < -0.39 is 0 Å². The summed E-state index contributed by atoms with van der Waals surface area (Å²) in [6.07, 6.45) is 5.24. The predicted octanol–water partition coefficient (Wildman–Crippen LogP) is 2.60. The van der Waals surface area contributed by atoms with Crippen molar-refractivity contribution in [3.05, 3.63) is 72.2 Å². The number of hydrogen-bond acceptors (Lipinski definition) is 4. The number of amides is 1. The molecule has 1 aromatic carbocycles. The van der Waals surface area contributed by atoms with Crippen LogP contribution in [-0.4, -0.2) is 27.3 Å². The van der Waals surface area contributed by atoms with Gasteiger partial charge in [0.2, 0.25) is 5.88 Å². The Morgan fingerprint density at radius 2 is 2.00 bits per heavy atom. The van der Waals surface area contributed by atoms with Gasteiger partial charge in [-0.3, -0.25) is 4.79 Å². The summed E-state index contributed by atoms with van der Waals surface area (Å²) < 4.78 is 7.20. The number of rotatable bonds is 6. The zero-order chi connectivity index (χ0) is 16.8. The number of nitrogens with zero attached hydrogens (tertiary/aromatic N) is 3. The van der Waals surface area contributed by atoms with Crippen molar-refractivity contribution in [3.8, 4) is 11.6 Å². The summed E-state index contributed by atoms with van der Waals surface area (Å²) in [5.74, 6) is 0.405. The van der Waals surface area contributed by atoms with Gasteiger partial charge in [0.15, 0.2) is 0 Å². The van der Waals surface area contributed by atoms with E-state index in [0.717, 1.165) is 11.3 Å². The normalized spacial score (nSPS) is 10.4. The number of pyridine rings is 1. The monoisotopic (exact) mass is 322 g/mol. The molecule has 3 rings (SSSR count). The SMILES string of the molecule is CCOc1ncccc1CNC(=O)c1ccc(-n2cccn2)cc1. The molecule has 0 radical (unpaired) electrons. The molecule has 0 saturated heterocycles. The quantitative estimate of drug-likeness (QED) is 0.757. The molecular weight excluding hydrogens is 304 g/mol. The average Bonchev–Trinajstić information content (AvgIpc) is 3.16. The van der Waals surface area contributed by atoms with Crippen LogP contribution in [0.25, 0.3) is 5.69 Å². The number of nitrogens with one attached hydrogen (secondary N) is 1. The second-order valence-corrected chi connectivity index (χ2v) is 5.08. The lowest BCUT2D eigenvalue weighted by Gasteiger charge is -2.10. The molecule has 6 nitrogen and oxygen atoms in total. The first-order chi connectivity index (χ1) is 11.8. The Morgan fingerprint density at radius 1 is 1.17 bits per heavy atom. The Kier molecular flexibility index (Phi) is 4.86. The molecule has 0 unspecified atom stereocenters. The van der Waals surface area contributed by atoms with Crippen LogP contribution in [-0.2, 0) is 6.54 Å². The minimum absolute atomic E-state index is 0.145. The molecule has 1 amide bonds. The van der Waals surface area contributed by atoms with Crippen molar-refractivity contribution in [2.75, 3.05) is 6.61 Å². The summed E-state index contributed by atoms with van der Waals surface area (Å²) in [7, 11) is 0. The molecule has 6 heteroatoms. The smallest absolute Gasteiger partial charge is 0.251 e. The van der Waals surface area contributed by atoms with Crippen molar-refractivity contribution in [1.29, 1.82) is 0 Å². The van der Waals surface area contributed by atoms with Crippen molar-refractivity contribution in [1.82, 2.24) is 20.1 Å². The zero-order valence-corrected chi connectivity index (χ0v) is 13.3. The minimum Gasteiger partial charge on any atom is -0.478 e. The maximum Gasteiger partial charge on any atom is 0.251 e. The molecule has 24 heavy (non-hydrogen) atoms. The summed E-state index contributed by atoms with van der Waals surface area (Å²) in [5, 5.41) is 7.05. The lowest BCUT2D eigenvalue weighted by atomic mass is 10.2. The first-order valence-corrected chi connectivity index (χ1v) is 7.73. The van der Waals surface area contributed by atoms with Crippen molar-refractivity contribution >= 4 is 5.91 Å². The van der Waals surface area contributed by atoms with Crippen molar-refractivity contribution < 1.29 is 9.53 Å². The van der Waals surface area contributed by atoms with Crippen molar-refractivity contribution in [3.63, 3.8) is 0 Å². The van der Waals surface area contributed by atoms with E-state index in [2.05, 4.69) is 15.4 Å². The molecule has 0 spiro atoms. The lowest BCUT2D eigenvalue weighted by Crippen LogP contribution is -2.23. The van der Waals surface area contributed by atoms with Gasteiger partial charge in [-0.05, 0) is 43.3 Å². The lowest BCUT2D eigenvalue weighted by molar-refractivity contribution is 0.0950. The fourth-order valence-corrected chi connectivity index (χ4v) is 2.29. The fourth-order valence-electron chi connectivity index (χ4n) is 2.29. The van der Waals surface area contributed by atoms with Gasteiger partial charge < -0.3 is 10.1 Å². The van der Waals surface area contributed by atoms with E-state index in [1.807, 2.05) is 43.5 Å². The molecule has 0 atom stereocenters. The highest BCUT2D eigenvalue weighted by Crippen LogP contribution is 2.14. The minimum atomic E-state index is -0.145. The second-order valence-electron chi connectivity index (χ2n) is 5.08. The number of aromatic nitrogens is 3. The molecule has 0 aliphatic carbocycles. The van der Waals surface area contributed by atoms with Gasteiger partial charge in [-0.1, -0.05) is 6.07 Å². The third-order valence-corrected chi connectivity index (χ3v) is 3.47. The Hall–Kier alpha value is -3.15. The van der Waals surface area contributed by atoms with E-state index >= 15 is 0 Å². The van der Waals surface area contributed by atoms with E-state index in [1.54, 1.807) is 29.2 Å². The van der Waals surface area contributed by atoms with Crippen LogP contribution >= 0.6 is 0 Å². The van der Waals surface area contributed by atoms with Crippen LogP contribution in [0.4, 0.5) is 0 Å². The van der Waals surface area contributed by atoms with Gasteiger partial charge in [-0.2, -0.15) is 5.10 Å². The van der Waals surface area contributed by atoms with E-state index in [4.69, 9.17) is 4.74 Å². The molecule has 0 aliphatic rings. The number of benzene rings is 1. The standard InChI is InChI=1S/C18H18N4O2/c1-2-24-18-15(5-3-10-19-18)13-20-17(23)14-6-8-16(9-7-14)22-12-4-11-21-22/h3-12H,2,13H2,1H3,(H,20,23). The highest BCUT2D eigenvalue weighted by Gasteiger charge is 2.09. The largest absolute Gasteiger partial charge is 0.478 e. The molecular formula is C18H18N4O2. The molecule has 122 valence electrons. The maximum atomic E-state index is 12.3. The Balaban J connectivity index is 1.65. The van der Waals surface area contributed by atoms with E-state index in [0.29, 0.717) is 24.6 Å². The molecule has 0 aliphatic heterocycles. The number of hydrogen-bond donors (Lipinski definition) is 1. The second kappa shape index (κ2) is 7.41. The molecule has 0 bridgehead atoms. The van der Waals surface area contributed by atoms with Crippen LogP contribution in [0.2, 0.25) is 0 Å². The van der Waals surface area contributed by atoms with Gasteiger partial charge in [0.05, 0.1) is 12.3 Å². The molecule has 1 N–H and O–H groups in total. The molecule has 3 aromatic rings. The van der Waals surface area contributed by atoms with Gasteiger partial charge in [-0.15, -0.1) is 0 Å². The predicted molar refractivity (Wildman–Crippen MR) is 90.1 cm³/mol. The number of carbonyl (C=O) groups excluding carboxylic acids is 1. The summed E-state index contributed by atoms with van der Waals surface area (Å²) in [6.45, 7) is 2.80. The molecule has 0 saturated carbocycles. The van der Waals surface area contributed by atoms with Gasteiger partial charge in [-0.25, -0.2) is 9.67 Å². The highest BCUT2D eigenvalue weighted by molar-refractivity contribution is 5.94. The highest BCUT2D eigenvalue weighted by atomic mass is 16.5. The van der Waals surface area contributed by atoms with E-state index in [9.17, 15) is 4.79 Å². The summed E-state index contributed by atoms with van der Waals surface area (Å²) >= 11 is 0. The Morgan fingerprint density at radius 3 is 2.71 bits per heavy atom. The van der Waals surface area contributed by atoms with E-state index in [-0.39, 0.29) is 5.91 Å². The summed E-state index contributed by atoms with van der Waals surface area (Å²) in [5.41, 5.74) is 2.34. The maximum absolute atomic E-state index is 12.3. The zero-order valence-electron chi connectivity index (χ0n) is 13.3. The van der Waals surface area contributed by atoms with Crippen LogP contribution in [0.15, 0.2) is 61.1 Å². The first-order valence-electron chi connectivity index (χ1n) is 7.73. The van der Waals surface area contributed by atoms with Crippen LogP contribution in [0.1, 0.15) is 22.8 Å². The van der Waals surface area contributed by atoms with E-state index in [1.165, 1.54) is 0 Å². The molecule has 0 fully saturated rings. The molecule has 2 heterocycles. The van der Waals surface area contributed by atoms with Crippen molar-refractivity contribution in [2.24, 2.45) is 0 Å². The fraction of sp³-hybridized carbons (Fsp3) is 0.167. The summed E-state index contributed by atoms with van der Waals surface area (Å²) in [4.78, 5) is 16.5.